The molecule has 168 valence electrons. The molecule has 0 unspecified atom stereocenters. The van der Waals surface area contributed by atoms with E-state index < -0.39 is 0 Å². The van der Waals surface area contributed by atoms with Gasteiger partial charge in [-0.3, -0.25) is 14.7 Å². The van der Waals surface area contributed by atoms with Crippen LogP contribution in [0.3, 0.4) is 0 Å². The molecule has 0 radical (unpaired) electrons. The van der Waals surface area contributed by atoms with Crippen molar-refractivity contribution in [1.82, 2.24) is 14.8 Å². The van der Waals surface area contributed by atoms with E-state index in [9.17, 15) is 9.90 Å². The van der Waals surface area contributed by atoms with Crippen molar-refractivity contribution in [2.45, 2.75) is 57.0 Å². The molecule has 2 aliphatic rings. The summed E-state index contributed by atoms with van der Waals surface area (Å²) in [4.78, 5) is 21.8. The SMILES string of the molecule is CCCC#Cc1ccc([C@H]2[C@H](CO)N3CCCCN(C(=O)Cc4ccccn4)C[C@@H]23)cc1. The Balaban J connectivity index is 1.50. The average Bonchev–Trinajstić information content (AvgIpc) is 2.80. The number of benzene rings is 1. The lowest BCUT2D eigenvalue weighted by molar-refractivity contribution is -0.135. The lowest BCUT2D eigenvalue weighted by Gasteiger charge is -2.57. The molecule has 0 aliphatic carbocycles. The summed E-state index contributed by atoms with van der Waals surface area (Å²) >= 11 is 0. The number of fused-ring (bicyclic) bond motifs is 1. The van der Waals surface area contributed by atoms with Gasteiger partial charge in [0.15, 0.2) is 0 Å². The van der Waals surface area contributed by atoms with Crippen LogP contribution in [0.1, 0.15) is 55.3 Å². The molecule has 4 rings (SSSR count). The minimum absolute atomic E-state index is 0.114. The zero-order valence-corrected chi connectivity index (χ0v) is 18.9. The molecule has 1 aromatic heterocycles. The first-order valence-electron chi connectivity index (χ1n) is 11.8. The maximum atomic E-state index is 13.1. The summed E-state index contributed by atoms with van der Waals surface area (Å²) in [5, 5.41) is 10.1. The maximum absolute atomic E-state index is 13.1. The van der Waals surface area contributed by atoms with Crippen molar-refractivity contribution < 1.29 is 9.90 Å². The molecule has 1 aromatic carbocycles. The van der Waals surface area contributed by atoms with Crippen molar-refractivity contribution in [3.05, 3.63) is 65.5 Å². The Morgan fingerprint density at radius 3 is 2.69 bits per heavy atom. The first kappa shape index (κ1) is 22.5. The van der Waals surface area contributed by atoms with Crippen LogP contribution in [0.2, 0.25) is 0 Å². The summed E-state index contributed by atoms with van der Waals surface area (Å²) < 4.78 is 0. The van der Waals surface area contributed by atoms with Gasteiger partial charge in [-0.15, -0.1) is 0 Å². The van der Waals surface area contributed by atoms with Gasteiger partial charge in [-0.2, -0.15) is 0 Å². The van der Waals surface area contributed by atoms with Crippen LogP contribution in [0.25, 0.3) is 0 Å². The van der Waals surface area contributed by atoms with Gasteiger partial charge in [0.25, 0.3) is 0 Å². The number of nitrogens with zero attached hydrogens (tertiary/aromatic N) is 3. The second kappa shape index (κ2) is 10.8. The molecule has 32 heavy (non-hydrogen) atoms. The van der Waals surface area contributed by atoms with Crippen LogP contribution in [-0.2, 0) is 11.2 Å². The number of aliphatic hydroxyl groups is 1. The Kier molecular flexibility index (Phi) is 7.57. The van der Waals surface area contributed by atoms with Crippen molar-refractivity contribution in [3.8, 4) is 11.8 Å². The van der Waals surface area contributed by atoms with E-state index in [4.69, 9.17) is 0 Å². The monoisotopic (exact) mass is 431 g/mol. The molecule has 3 atom stereocenters. The van der Waals surface area contributed by atoms with Gasteiger partial charge in [-0.1, -0.05) is 37.0 Å². The van der Waals surface area contributed by atoms with E-state index in [1.165, 1.54) is 5.56 Å². The van der Waals surface area contributed by atoms with Crippen LogP contribution in [0, 0.1) is 11.8 Å². The average molecular weight is 432 g/mol. The van der Waals surface area contributed by atoms with Gasteiger partial charge in [-0.05, 0) is 55.6 Å². The van der Waals surface area contributed by atoms with Gasteiger partial charge >= 0.3 is 0 Å². The number of rotatable bonds is 5. The van der Waals surface area contributed by atoms with Crippen molar-refractivity contribution >= 4 is 5.91 Å². The zero-order valence-electron chi connectivity index (χ0n) is 18.9. The first-order valence-corrected chi connectivity index (χ1v) is 11.8. The largest absolute Gasteiger partial charge is 0.395 e. The van der Waals surface area contributed by atoms with E-state index in [1.807, 2.05) is 23.1 Å². The summed E-state index contributed by atoms with van der Waals surface area (Å²) in [5.74, 6) is 6.78. The molecule has 2 aliphatic heterocycles. The minimum Gasteiger partial charge on any atom is -0.395 e. The minimum atomic E-state index is 0.114. The molecule has 1 N–H and O–H groups in total. The molecule has 2 aromatic rings. The van der Waals surface area contributed by atoms with Gasteiger partial charge < -0.3 is 10.0 Å². The topological polar surface area (TPSA) is 56.7 Å². The van der Waals surface area contributed by atoms with Crippen LogP contribution in [-0.4, -0.2) is 64.1 Å². The molecule has 0 saturated carbocycles. The highest BCUT2D eigenvalue weighted by Crippen LogP contribution is 2.42. The van der Waals surface area contributed by atoms with Crippen molar-refractivity contribution in [2.75, 3.05) is 26.2 Å². The smallest absolute Gasteiger partial charge is 0.228 e. The maximum Gasteiger partial charge on any atom is 0.228 e. The number of hydrogen-bond acceptors (Lipinski definition) is 4. The van der Waals surface area contributed by atoms with E-state index in [2.05, 4.69) is 52.9 Å². The summed E-state index contributed by atoms with van der Waals surface area (Å²) in [6, 6.07) is 14.5. The van der Waals surface area contributed by atoms with E-state index in [0.717, 1.165) is 50.0 Å². The summed E-state index contributed by atoms with van der Waals surface area (Å²) in [5.41, 5.74) is 3.07. The zero-order chi connectivity index (χ0) is 22.3. The van der Waals surface area contributed by atoms with Crippen LogP contribution in [0.4, 0.5) is 0 Å². The molecule has 3 heterocycles. The van der Waals surface area contributed by atoms with Gasteiger partial charge in [0.1, 0.15) is 0 Å². The predicted octanol–water partition coefficient (Wildman–Crippen LogP) is 3.23. The number of pyridine rings is 1. The summed E-state index contributed by atoms with van der Waals surface area (Å²) in [7, 11) is 0. The van der Waals surface area contributed by atoms with E-state index in [-0.39, 0.29) is 30.5 Å². The van der Waals surface area contributed by atoms with E-state index in [0.29, 0.717) is 13.0 Å². The molecule has 2 saturated heterocycles. The summed E-state index contributed by atoms with van der Waals surface area (Å²) in [6.07, 6.45) is 6.09. The standard InChI is InChI=1S/C27H33N3O2/c1-2-3-4-9-21-11-13-22(14-12-21)27-24-19-29(16-7-8-17-30(24)25(27)20-31)26(32)18-23-10-5-6-15-28-23/h5-6,10-15,24-25,27,31H,2-3,7-8,16-20H2,1H3/t24-,25-,27+/m0/s1. The lowest BCUT2D eigenvalue weighted by atomic mass is 9.74. The molecule has 5 heteroatoms. The van der Waals surface area contributed by atoms with Gasteiger partial charge in [0.05, 0.1) is 13.0 Å². The van der Waals surface area contributed by atoms with Crippen LogP contribution >= 0.6 is 0 Å². The fourth-order valence-electron chi connectivity index (χ4n) is 5.01. The molecule has 0 bridgehead atoms. The third kappa shape index (κ3) is 5.03. The number of amides is 1. The first-order chi connectivity index (χ1) is 15.7. The molecular weight excluding hydrogens is 398 g/mol. The highest BCUT2D eigenvalue weighted by Gasteiger charge is 2.49. The molecule has 0 spiro atoms. The fraction of sp³-hybridized carbons (Fsp3) is 0.481. The van der Waals surface area contributed by atoms with Crippen molar-refractivity contribution in [1.29, 1.82) is 0 Å². The predicted molar refractivity (Wildman–Crippen MR) is 126 cm³/mol. The van der Waals surface area contributed by atoms with Gasteiger partial charge in [-0.25, -0.2) is 0 Å². The highest BCUT2D eigenvalue weighted by molar-refractivity contribution is 5.78. The molecule has 5 nitrogen and oxygen atoms in total. The Bertz CT molecular complexity index is 948. The Labute approximate surface area is 191 Å². The van der Waals surface area contributed by atoms with Crippen molar-refractivity contribution in [2.24, 2.45) is 0 Å². The Hall–Kier alpha value is -2.68. The second-order valence-electron chi connectivity index (χ2n) is 8.80. The lowest BCUT2D eigenvalue weighted by Crippen LogP contribution is -2.68. The van der Waals surface area contributed by atoms with Gasteiger partial charge in [0.2, 0.25) is 5.91 Å². The number of hydrogen-bond donors (Lipinski definition) is 1. The number of carbonyl (C=O) groups is 1. The van der Waals surface area contributed by atoms with Crippen molar-refractivity contribution in [3.63, 3.8) is 0 Å². The third-order valence-corrected chi connectivity index (χ3v) is 6.68. The van der Waals surface area contributed by atoms with E-state index in [1.54, 1.807) is 6.20 Å². The van der Waals surface area contributed by atoms with Crippen LogP contribution in [0.15, 0.2) is 48.7 Å². The molecular formula is C27H33N3O2. The van der Waals surface area contributed by atoms with E-state index >= 15 is 0 Å². The van der Waals surface area contributed by atoms with Crippen LogP contribution in [0.5, 0.6) is 0 Å². The number of carbonyl (C=O) groups excluding carboxylic acids is 1. The quantitative estimate of drug-likeness (QED) is 0.739. The Morgan fingerprint density at radius 2 is 1.97 bits per heavy atom. The van der Waals surface area contributed by atoms with Crippen LogP contribution < -0.4 is 0 Å². The fourth-order valence-corrected chi connectivity index (χ4v) is 5.01. The number of aromatic nitrogens is 1. The normalized spacial score (nSPS) is 23.2. The third-order valence-electron chi connectivity index (χ3n) is 6.68. The number of aliphatic hydroxyl groups excluding tert-OH is 1. The highest BCUT2D eigenvalue weighted by atomic mass is 16.3. The Morgan fingerprint density at radius 1 is 1.16 bits per heavy atom. The summed E-state index contributed by atoms with van der Waals surface area (Å²) in [6.45, 7) is 4.74. The van der Waals surface area contributed by atoms with Gasteiger partial charge in [0, 0.05) is 55.0 Å². The second-order valence-corrected chi connectivity index (χ2v) is 8.80. The molecule has 2 fully saturated rings. The number of unbranched alkanes of at least 4 members (excludes halogenated alkanes) is 1. The molecule has 1 amide bonds.